The van der Waals surface area contributed by atoms with Gasteiger partial charge in [-0.25, -0.2) is 13.3 Å². The summed E-state index contributed by atoms with van der Waals surface area (Å²) >= 11 is 5.91. The Hall–Kier alpha value is -2.22. The Morgan fingerprint density at radius 2 is 1.55 bits per heavy atom. The number of imide groups is 1. The first kappa shape index (κ1) is 20.1. The molecule has 0 aromatic heterocycles. The molecular formula is C21H21ClN2O4S. The van der Waals surface area contributed by atoms with Gasteiger partial charge in [0.2, 0.25) is 15.9 Å². The van der Waals surface area contributed by atoms with Crippen molar-refractivity contribution in [3.05, 3.63) is 59.6 Å². The summed E-state index contributed by atoms with van der Waals surface area (Å²) in [6, 6.07) is 13.2. The zero-order valence-corrected chi connectivity index (χ0v) is 17.3. The predicted octanol–water partition coefficient (Wildman–Crippen LogP) is 3.61. The van der Waals surface area contributed by atoms with Gasteiger partial charge >= 0.3 is 0 Å². The summed E-state index contributed by atoms with van der Waals surface area (Å²) in [5.41, 5.74) is 0.459. The number of hydrogen-bond acceptors (Lipinski definition) is 4. The highest BCUT2D eigenvalue weighted by Crippen LogP contribution is 2.35. The normalized spacial score (nSPS) is 20.8. The number of benzene rings is 2. The molecule has 2 amide bonds. The third-order valence-electron chi connectivity index (χ3n) is 5.52. The fourth-order valence-corrected chi connectivity index (χ4v) is 6.12. The van der Waals surface area contributed by atoms with Crippen LogP contribution in [-0.2, 0) is 19.6 Å². The lowest BCUT2D eigenvalue weighted by Gasteiger charge is -2.32. The summed E-state index contributed by atoms with van der Waals surface area (Å²) in [6.45, 7) is 0. The monoisotopic (exact) mass is 432 g/mol. The Labute approximate surface area is 175 Å². The van der Waals surface area contributed by atoms with Gasteiger partial charge in [-0.15, -0.1) is 0 Å². The largest absolute Gasteiger partial charge is 0.274 e. The summed E-state index contributed by atoms with van der Waals surface area (Å²) in [6.07, 6.45) is 2.99. The minimum absolute atomic E-state index is 0.0761. The van der Waals surface area contributed by atoms with Crippen molar-refractivity contribution in [1.82, 2.24) is 4.31 Å². The minimum Gasteiger partial charge on any atom is -0.274 e. The summed E-state index contributed by atoms with van der Waals surface area (Å²) < 4.78 is 28.3. The topological polar surface area (TPSA) is 74.8 Å². The minimum atomic E-state index is -3.97. The van der Waals surface area contributed by atoms with E-state index < -0.39 is 22.0 Å². The van der Waals surface area contributed by atoms with Gasteiger partial charge in [0.05, 0.1) is 17.0 Å². The van der Waals surface area contributed by atoms with Crippen LogP contribution in [0.4, 0.5) is 5.69 Å². The lowest BCUT2D eigenvalue weighted by molar-refractivity contribution is -0.122. The highest BCUT2D eigenvalue weighted by atomic mass is 35.5. The van der Waals surface area contributed by atoms with Crippen molar-refractivity contribution in [3.63, 3.8) is 0 Å². The van der Waals surface area contributed by atoms with E-state index in [2.05, 4.69) is 0 Å². The fraction of sp³-hybridized carbons (Fsp3) is 0.333. The van der Waals surface area contributed by atoms with E-state index >= 15 is 0 Å². The van der Waals surface area contributed by atoms with Crippen LogP contribution in [0, 0.1) is 0 Å². The van der Waals surface area contributed by atoms with E-state index in [0.29, 0.717) is 23.6 Å². The maximum absolute atomic E-state index is 13.5. The van der Waals surface area contributed by atoms with Crippen molar-refractivity contribution in [1.29, 1.82) is 0 Å². The molecule has 8 heteroatoms. The molecule has 2 fully saturated rings. The van der Waals surface area contributed by atoms with E-state index in [1.807, 2.05) is 0 Å². The molecule has 6 nitrogen and oxygen atoms in total. The number of anilines is 1. The van der Waals surface area contributed by atoms with Crippen molar-refractivity contribution >= 4 is 39.1 Å². The van der Waals surface area contributed by atoms with Crippen LogP contribution in [-0.4, -0.2) is 36.6 Å². The maximum Gasteiger partial charge on any atom is 0.252 e. The molecule has 0 spiro atoms. The number of para-hydroxylation sites is 1. The second-order valence-corrected chi connectivity index (χ2v) is 9.63. The van der Waals surface area contributed by atoms with Crippen molar-refractivity contribution < 1.29 is 18.0 Å². The molecule has 1 saturated carbocycles. The number of carbonyl (C=O) groups excluding carboxylic acids is 2. The molecule has 1 atom stereocenters. The molecule has 0 bridgehead atoms. The van der Waals surface area contributed by atoms with Gasteiger partial charge in [-0.05, 0) is 49.2 Å². The lowest BCUT2D eigenvalue weighted by Crippen LogP contribution is -2.49. The molecule has 2 aliphatic rings. The molecule has 2 aromatic rings. The van der Waals surface area contributed by atoms with Crippen LogP contribution in [0.5, 0.6) is 0 Å². The molecular weight excluding hydrogens is 412 g/mol. The van der Waals surface area contributed by atoms with Crippen LogP contribution < -0.4 is 4.90 Å². The summed E-state index contributed by atoms with van der Waals surface area (Å²) in [5, 5.41) is 0.429. The summed E-state index contributed by atoms with van der Waals surface area (Å²) in [4.78, 5) is 27.1. The number of carbonyl (C=O) groups is 2. The molecule has 29 heavy (non-hydrogen) atoms. The first-order chi connectivity index (χ1) is 13.9. The molecule has 0 radical (unpaired) electrons. The van der Waals surface area contributed by atoms with E-state index in [0.717, 1.165) is 17.7 Å². The van der Waals surface area contributed by atoms with Gasteiger partial charge in [0.25, 0.3) is 5.91 Å². The molecule has 2 aromatic carbocycles. The van der Waals surface area contributed by atoms with Crippen molar-refractivity contribution in [2.45, 2.75) is 49.1 Å². The maximum atomic E-state index is 13.5. The fourth-order valence-electron chi connectivity index (χ4n) is 4.17. The van der Waals surface area contributed by atoms with Gasteiger partial charge in [0, 0.05) is 11.1 Å². The number of nitrogens with zero attached hydrogens (tertiary/aromatic N) is 2. The lowest BCUT2D eigenvalue weighted by atomic mass is 10.2. The molecule has 4 rings (SSSR count). The second kappa shape index (κ2) is 7.89. The first-order valence-electron chi connectivity index (χ1n) is 9.60. The van der Waals surface area contributed by atoms with E-state index in [-0.39, 0.29) is 23.3 Å². The number of sulfonamides is 1. The first-order valence-corrected chi connectivity index (χ1v) is 11.4. The van der Waals surface area contributed by atoms with Gasteiger partial charge in [-0.3, -0.25) is 9.59 Å². The van der Waals surface area contributed by atoms with Crippen LogP contribution in [0.2, 0.25) is 5.02 Å². The van der Waals surface area contributed by atoms with Crippen LogP contribution in [0.1, 0.15) is 32.1 Å². The Bertz CT molecular complexity index is 1020. The molecule has 1 aliphatic heterocycles. The van der Waals surface area contributed by atoms with E-state index in [4.69, 9.17) is 11.6 Å². The zero-order valence-electron chi connectivity index (χ0n) is 15.7. The number of amides is 2. The number of hydrogen-bond donors (Lipinski definition) is 0. The van der Waals surface area contributed by atoms with E-state index in [1.165, 1.54) is 28.6 Å². The number of halogens is 1. The Balaban J connectivity index is 1.74. The van der Waals surface area contributed by atoms with Gasteiger partial charge in [0.15, 0.2) is 0 Å². The van der Waals surface area contributed by atoms with Gasteiger partial charge in [-0.1, -0.05) is 42.6 Å². The zero-order chi connectivity index (χ0) is 20.6. The average molecular weight is 433 g/mol. The van der Waals surface area contributed by atoms with Gasteiger partial charge in [-0.2, -0.15) is 4.31 Å². The van der Waals surface area contributed by atoms with Gasteiger partial charge < -0.3 is 0 Å². The smallest absolute Gasteiger partial charge is 0.252 e. The Kier molecular flexibility index (Phi) is 5.46. The second-order valence-electron chi connectivity index (χ2n) is 7.35. The molecule has 152 valence electrons. The standard InChI is InChI=1S/C21H21ClN2O4S/c22-15-10-12-18(13-11-15)29(27,28)24(17-8-4-5-9-17)19-14-20(25)23(21(19)26)16-6-2-1-3-7-16/h1-3,6-7,10-13,17,19H,4-5,8-9,14H2. The van der Waals surface area contributed by atoms with Crippen LogP contribution in [0.3, 0.4) is 0 Å². The van der Waals surface area contributed by atoms with Crippen LogP contribution >= 0.6 is 11.6 Å². The SMILES string of the molecule is O=C1CC(N(C2CCCC2)S(=O)(=O)c2ccc(Cl)cc2)C(=O)N1c1ccccc1. The van der Waals surface area contributed by atoms with Gasteiger partial charge in [0.1, 0.15) is 6.04 Å². The highest BCUT2D eigenvalue weighted by molar-refractivity contribution is 7.89. The van der Waals surface area contributed by atoms with E-state index in [9.17, 15) is 18.0 Å². The molecule has 1 unspecified atom stereocenters. The van der Waals surface area contributed by atoms with E-state index in [1.54, 1.807) is 30.3 Å². The third kappa shape index (κ3) is 3.70. The number of rotatable bonds is 5. The highest BCUT2D eigenvalue weighted by Gasteiger charge is 2.49. The molecule has 1 saturated heterocycles. The molecule has 1 heterocycles. The van der Waals surface area contributed by atoms with Crippen molar-refractivity contribution in [2.24, 2.45) is 0 Å². The molecule has 0 N–H and O–H groups in total. The average Bonchev–Trinajstić information content (AvgIpc) is 3.32. The Morgan fingerprint density at radius 1 is 0.931 bits per heavy atom. The quantitative estimate of drug-likeness (QED) is 0.676. The predicted molar refractivity (Wildman–Crippen MR) is 110 cm³/mol. The van der Waals surface area contributed by atoms with Crippen LogP contribution in [0.15, 0.2) is 59.5 Å². The summed E-state index contributed by atoms with van der Waals surface area (Å²) in [5.74, 6) is -0.883. The van der Waals surface area contributed by atoms with Crippen molar-refractivity contribution in [3.8, 4) is 0 Å². The summed E-state index contributed by atoms with van der Waals surface area (Å²) in [7, 11) is -3.97. The van der Waals surface area contributed by atoms with Crippen LogP contribution in [0.25, 0.3) is 0 Å². The Morgan fingerprint density at radius 3 is 2.17 bits per heavy atom. The molecule has 1 aliphatic carbocycles. The third-order valence-corrected chi connectivity index (χ3v) is 7.75. The van der Waals surface area contributed by atoms with Crippen molar-refractivity contribution in [2.75, 3.05) is 4.90 Å².